The highest BCUT2D eigenvalue weighted by Gasteiger charge is 2.13. The van der Waals surface area contributed by atoms with Crippen molar-refractivity contribution in [3.05, 3.63) is 48.3 Å². The zero-order valence-corrected chi connectivity index (χ0v) is 12.3. The van der Waals surface area contributed by atoms with Crippen molar-refractivity contribution in [1.29, 1.82) is 0 Å². The number of benzene rings is 2. The van der Waals surface area contributed by atoms with Crippen LogP contribution in [-0.4, -0.2) is 18.9 Å². The number of methoxy groups -OCH3 is 1. The molecule has 0 heterocycles. The van der Waals surface area contributed by atoms with Crippen molar-refractivity contribution in [2.24, 2.45) is 5.73 Å². The van der Waals surface area contributed by atoms with Gasteiger partial charge in [0.15, 0.2) is 17.2 Å². The minimum Gasteiger partial charge on any atom is -0.493 e. The quantitative estimate of drug-likeness (QED) is 0.800. The van der Waals surface area contributed by atoms with Crippen LogP contribution in [0.2, 0.25) is 0 Å². The summed E-state index contributed by atoms with van der Waals surface area (Å²) in [6.45, 7) is 0. The monoisotopic (exact) mass is 318 g/mol. The number of rotatable bonds is 6. The lowest BCUT2D eigenvalue weighted by Crippen LogP contribution is -2.21. The molecule has 23 heavy (non-hydrogen) atoms. The molecular weight excluding hydrogens is 303 g/mol. The molecule has 3 N–H and O–H groups in total. The first-order valence-corrected chi connectivity index (χ1v) is 6.68. The Labute approximate surface area is 132 Å². The summed E-state index contributed by atoms with van der Waals surface area (Å²) in [7, 11) is 1.48. The van der Waals surface area contributed by atoms with E-state index >= 15 is 0 Å². The van der Waals surface area contributed by atoms with E-state index in [-0.39, 0.29) is 11.4 Å². The standard InChI is InChI=1S/C16H15FN2O4/c1-22-12-4-2-3-5-13(12)23-14-8-10(17)6-7-11(14)19-16(21)9-15(18)20/h2-8H,9H2,1H3,(H2,18,20)(H,19,21). The number of carbonyl (C=O) groups excluding carboxylic acids is 2. The SMILES string of the molecule is COc1ccccc1Oc1cc(F)ccc1NC(=O)CC(N)=O. The Balaban J connectivity index is 2.28. The molecule has 0 aliphatic carbocycles. The van der Waals surface area contributed by atoms with Crippen molar-refractivity contribution in [1.82, 2.24) is 0 Å². The summed E-state index contributed by atoms with van der Waals surface area (Å²) < 4.78 is 24.3. The summed E-state index contributed by atoms with van der Waals surface area (Å²) in [5.41, 5.74) is 5.17. The molecule has 0 atom stereocenters. The molecule has 0 aromatic heterocycles. The van der Waals surface area contributed by atoms with Crippen LogP contribution in [0.25, 0.3) is 0 Å². The molecule has 0 fully saturated rings. The second kappa shape index (κ2) is 7.26. The van der Waals surface area contributed by atoms with Crippen LogP contribution in [-0.2, 0) is 9.59 Å². The fraction of sp³-hybridized carbons (Fsp3) is 0.125. The third-order valence-electron chi connectivity index (χ3n) is 2.84. The lowest BCUT2D eigenvalue weighted by atomic mass is 10.2. The number of amides is 2. The average Bonchev–Trinajstić information content (AvgIpc) is 2.50. The zero-order valence-electron chi connectivity index (χ0n) is 12.3. The molecule has 0 spiro atoms. The van der Waals surface area contributed by atoms with Crippen LogP contribution in [0, 0.1) is 5.82 Å². The third-order valence-corrected chi connectivity index (χ3v) is 2.84. The van der Waals surface area contributed by atoms with Crippen molar-refractivity contribution >= 4 is 17.5 Å². The fourth-order valence-electron chi connectivity index (χ4n) is 1.86. The summed E-state index contributed by atoms with van der Waals surface area (Å²) >= 11 is 0. The molecule has 2 aromatic rings. The second-order valence-corrected chi connectivity index (χ2v) is 4.58. The maximum Gasteiger partial charge on any atom is 0.233 e. The molecule has 6 nitrogen and oxygen atoms in total. The highest BCUT2D eigenvalue weighted by Crippen LogP contribution is 2.35. The van der Waals surface area contributed by atoms with Crippen LogP contribution in [0.15, 0.2) is 42.5 Å². The number of nitrogens with one attached hydrogen (secondary N) is 1. The molecule has 120 valence electrons. The first-order valence-electron chi connectivity index (χ1n) is 6.68. The average molecular weight is 318 g/mol. The van der Waals surface area contributed by atoms with E-state index in [0.717, 1.165) is 12.1 Å². The van der Waals surface area contributed by atoms with Crippen LogP contribution in [0.4, 0.5) is 10.1 Å². The molecule has 0 unspecified atom stereocenters. The van der Waals surface area contributed by atoms with Gasteiger partial charge in [0.2, 0.25) is 11.8 Å². The number of hydrogen-bond acceptors (Lipinski definition) is 4. The van der Waals surface area contributed by atoms with E-state index in [1.54, 1.807) is 24.3 Å². The first kappa shape index (κ1) is 16.3. The van der Waals surface area contributed by atoms with E-state index in [1.165, 1.54) is 13.2 Å². The number of anilines is 1. The van der Waals surface area contributed by atoms with Gasteiger partial charge in [-0.1, -0.05) is 12.1 Å². The van der Waals surface area contributed by atoms with Crippen molar-refractivity contribution in [2.75, 3.05) is 12.4 Å². The van der Waals surface area contributed by atoms with Crippen molar-refractivity contribution < 1.29 is 23.5 Å². The molecule has 0 bridgehead atoms. The Morgan fingerprint density at radius 2 is 1.83 bits per heavy atom. The molecule has 0 aliphatic rings. The van der Waals surface area contributed by atoms with E-state index in [0.29, 0.717) is 11.5 Å². The fourth-order valence-corrected chi connectivity index (χ4v) is 1.86. The Bertz CT molecular complexity index is 734. The summed E-state index contributed by atoms with van der Waals surface area (Å²) in [6, 6.07) is 10.4. The van der Waals surface area contributed by atoms with Gasteiger partial charge in [-0.15, -0.1) is 0 Å². The lowest BCUT2D eigenvalue weighted by Gasteiger charge is -2.14. The maximum atomic E-state index is 13.5. The predicted octanol–water partition coefficient (Wildman–Crippen LogP) is 2.44. The second-order valence-electron chi connectivity index (χ2n) is 4.58. The van der Waals surface area contributed by atoms with Gasteiger partial charge in [-0.2, -0.15) is 0 Å². The van der Waals surface area contributed by atoms with E-state index < -0.39 is 24.1 Å². The zero-order chi connectivity index (χ0) is 16.8. The van der Waals surface area contributed by atoms with Gasteiger partial charge < -0.3 is 20.5 Å². The predicted molar refractivity (Wildman–Crippen MR) is 81.9 cm³/mol. The van der Waals surface area contributed by atoms with E-state index in [9.17, 15) is 14.0 Å². The maximum absolute atomic E-state index is 13.5. The number of primary amides is 1. The van der Waals surface area contributed by atoms with Gasteiger partial charge >= 0.3 is 0 Å². The van der Waals surface area contributed by atoms with Crippen molar-refractivity contribution in [3.8, 4) is 17.2 Å². The van der Waals surface area contributed by atoms with Crippen LogP contribution in [0.5, 0.6) is 17.2 Å². The summed E-state index contributed by atoms with van der Waals surface area (Å²) in [5.74, 6) is -1.04. The minimum absolute atomic E-state index is 0.0762. The van der Waals surface area contributed by atoms with Gasteiger partial charge in [0.1, 0.15) is 12.2 Å². The number of carbonyl (C=O) groups is 2. The Hall–Kier alpha value is -3.09. The van der Waals surface area contributed by atoms with Crippen LogP contribution in [0.3, 0.4) is 0 Å². The number of para-hydroxylation sites is 2. The van der Waals surface area contributed by atoms with E-state index in [1.807, 2.05) is 0 Å². The number of nitrogens with two attached hydrogens (primary N) is 1. The highest BCUT2D eigenvalue weighted by molar-refractivity contribution is 6.03. The molecule has 2 amide bonds. The van der Waals surface area contributed by atoms with Gasteiger partial charge in [-0.3, -0.25) is 9.59 Å². The van der Waals surface area contributed by atoms with Gasteiger partial charge in [0.05, 0.1) is 12.8 Å². The highest BCUT2D eigenvalue weighted by atomic mass is 19.1. The summed E-state index contributed by atoms with van der Waals surface area (Å²) in [4.78, 5) is 22.4. The smallest absolute Gasteiger partial charge is 0.233 e. The Morgan fingerprint density at radius 3 is 2.48 bits per heavy atom. The number of ether oxygens (including phenoxy) is 2. The van der Waals surface area contributed by atoms with Gasteiger partial charge in [0, 0.05) is 6.07 Å². The Kier molecular flexibility index (Phi) is 5.14. The van der Waals surface area contributed by atoms with Crippen LogP contribution >= 0.6 is 0 Å². The third kappa shape index (κ3) is 4.44. The number of halogens is 1. The molecule has 7 heteroatoms. The molecule has 0 saturated heterocycles. The van der Waals surface area contributed by atoms with Gasteiger partial charge in [0.25, 0.3) is 0 Å². The normalized spacial score (nSPS) is 10.0. The molecule has 0 aliphatic heterocycles. The molecule has 2 rings (SSSR count). The first-order chi connectivity index (χ1) is 11.0. The number of hydrogen-bond donors (Lipinski definition) is 2. The van der Waals surface area contributed by atoms with Crippen LogP contribution in [0.1, 0.15) is 6.42 Å². The van der Waals surface area contributed by atoms with Crippen LogP contribution < -0.4 is 20.5 Å². The Morgan fingerprint density at radius 1 is 1.13 bits per heavy atom. The van der Waals surface area contributed by atoms with E-state index in [2.05, 4.69) is 5.32 Å². The van der Waals surface area contributed by atoms with Gasteiger partial charge in [-0.05, 0) is 24.3 Å². The van der Waals surface area contributed by atoms with Crippen molar-refractivity contribution in [3.63, 3.8) is 0 Å². The molecule has 0 radical (unpaired) electrons. The molecule has 2 aromatic carbocycles. The van der Waals surface area contributed by atoms with Gasteiger partial charge in [-0.25, -0.2) is 4.39 Å². The lowest BCUT2D eigenvalue weighted by molar-refractivity contribution is -0.124. The minimum atomic E-state index is -0.767. The largest absolute Gasteiger partial charge is 0.493 e. The topological polar surface area (TPSA) is 90.7 Å². The summed E-state index contributed by atoms with van der Waals surface area (Å²) in [6.07, 6.45) is -0.481. The molecular formula is C16H15FN2O4. The van der Waals surface area contributed by atoms with Crippen molar-refractivity contribution in [2.45, 2.75) is 6.42 Å². The van der Waals surface area contributed by atoms with E-state index in [4.69, 9.17) is 15.2 Å². The molecule has 0 saturated carbocycles. The summed E-state index contributed by atoms with van der Waals surface area (Å²) in [5, 5.41) is 2.45.